The molecule has 4 heteroatoms. The number of nitrogens with zero attached hydrogens (tertiary/aromatic N) is 2. The zero-order chi connectivity index (χ0) is 17.2. The molecule has 0 amide bonds. The summed E-state index contributed by atoms with van der Waals surface area (Å²) in [5.74, 6) is -0.0965. The number of methoxy groups -OCH3 is 1. The number of piperidine rings is 1. The predicted octanol–water partition coefficient (Wildman–Crippen LogP) is 3.32. The number of hydrogen-bond acceptors (Lipinski definition) is 4. The molecule has 1 aromatic carbocycles. The fourth-order valence-corrected chi connectivity index (χ4v) is 3.61. The number of benzene rings is 1. The second-order valence-corrected chi connectivity index (χ2v) is 6.73. The number of carbonyl (C=O) groups is 1. The van der Waals surface area contributed by atoms with E-state index in [1.807, 2.05) is 0 Å². The van der Waals surface area contributed by atoms with Crippen LogP contribution in [0.5, 0.6) is 0 Å². The third kappa shape index (κ3) is 6.25. The molecule has 0 bridgehead atoms. The third-order valence-corrected chi connectivity index (χ3v) is 4.81. The van der Waals surface area contributed by atoms with E-state index in [1.54, 1.807) is 0 Å². The second kappa shape index (κ2) is 10.5. The molecular weight excluding hydrogens is 300 g/mol. The lowest BCUT2D eigenvalue weighted by Gasteiger charge is -2.39. The molecule has 1 fully saturated rings. The molecule has 1 heterocycles. The normalized spacial score (nSPS) is 18.7. The van der Waals surface area contributed by atoms with E-state index in [2.05, 4.69) is 47.1 Å². The van der Waals surface area contributed by atoms with Gasteiger partial charge in [0.2, 0.25) is 0 Å². The number of likely N-dealkylation sites (tertiary alicyclic amines) is 1. The summed E-state index contributed by atoms with van der Waals surface area (Å²) in [6.07, 6.45) is 5.10. The van der Waals surface area contributed by atoms with Crippen LogP contribution in [0.25, 0.3) is 0 Å². The molecule has 0 saturated carbocycles. The van der Waals surface area contributed by atoms with Crippen molar-refractivity contribution in [2.45, 2.75) is 51.6 Å². The number of hydrogen-bond donors (Lipinski definition) is 0. The highest BCUT2D eigenvalue weighted by Crippen LogP contribution is 2.19. The van der Waals surface area contributed by atoms with Gasteiger partial charge in [-0.25, -0.2) is 0 Å². The topological polar surface area (TPSA) is 32.8 Å². The highest BCUT2D eigenvalue weighted by molar-refractivity contribution is 5.69. The average molecular weight is 332 g/mol. The number of esters is 1. The Hall–Kier alpha value is -1.39. The molecule has 2 rings (SSSR count). The Morgan fingerprint density at radius 2 is 2.08 bits per heavy atom. The molecule has 134 valence electrons. The summed E-state index contributed by atoms with van der Waals surface area (Å²) in [5, 5.41) is 0. The zero-order valence-corrected chi connectivity index (χ0v) is 15.2. The van der Waals surface area contributed by atoms with Gasteiger partial charge in [0.1, 0.15) is 0 Å². The predicted molar refractivity (Wildman–Crippen MR) is 97.9 cm³/mol. The van der Waals surface area contributed by atoms with Gasteiger partial charge in [0.25, 0.3) is 0 Å². The molecule has 1 aliphatic rings. The summed E-state index contributed by atoms with van der Waals surface area (Å²) >= 11 is 0. The molecule has 1 aliphatic heterocycles. The van der Waals surface area contributed by atoms with Crippen LogP contribution in [0.2, 0.25) is 0 Å². The molecule has 0 aliphatic carbocycles. The van der Waals surface area contributed by atoms with Gasteiger partial charge >= 0.3 is 5.97 Å². The minimum Gasteiger partial charge on any atom is -0.469 e. The zero-order valence-electron chi connectivity index (χ0n) is 15.2. The van der Waals surface area contributed by atoms with E-state index in [1.165, 1.54) is 32.1 Å². The number of carbonyl (C=O) groups excluding carboxylic acids is 1. The third-order valence-electron chi connectivity index (χ3n) is 4.81. The monoisotopic (exact) mass is 332 g/mol. The first-order chi connectivity index (χ1) is 11.7. The van der Waals surface area contributed by atoms with Crippen LogP contribution in [-0.2, 0) is 16.1 Å². The first-order valence-electron chi connectivity index (χ1n) is 9.30. The smallest absolute Gasteiger partial charge is 0.305 e. The summed E-state index contributed by atoms with van der Waals surface area (Å²) in [6, 6.07) is 11.3. The summed E-state index contributed by atoms with van der Waals surface area (Å²) in [5.41, 5.74) is 1.39. The van der Waals surface area contributed by atoms with E-state index >= 15 is 0 Å². The molecule has 0 N–H and O–H groups in total. The summed E-state index contributed by atoms with van der Waals surface area (Å²) in [7, 11) is 1.47. The van der Waals surface area contributed by atoms with Gasteiger partial charge in [-0.05, 0) is 50.9 Å². The van der Waals surface area contributed by atoms with Crippen LogP contribution >= 0.6 is 0 Å². The van der Waals surface area contributed by atoms with Crippen LogP contribution in [-0.4, -0.2) is 55.1 Å². The van der Waals surface area contributed by atoms with Gasteiger partial charge in [0.05, 0.1) is 7.11 Å². The highest BCUT2D eigenvalue weighted by atomic mass is 16.5. The maximum absolute atomic E-state index is 11.3. The minimum atomic E-state index is -0.0965. The summed E-state index contributed by atoms with van der Waals surface area (Å²) in [4.78, 5) is 16.5. The molecule has 0 radical (unpaired) electrons. The van der Waals surface area contributed by atoms with E-state index in [0.717, 1.165) is 39.0 Å². The number of ether oxygens (including phenoxy) is 1. The first kappa shape index (κ1) is 18.9. The second-order valence-electron chi connectivity index (χ2n) is 6.73. The first-order valence-corrected chi connectivity index (χ1v) is 9.30. The molecule has 4 nitrogen and oxygen atoms in total. The van der Waals surface area contributed by atoms with Crippen LogP contribution in [0, 0.1) is 0 Å². The Labute approximate surface area is 146 Å². The molecule has 0 aromatic heterocycles. The van der Waals surface area contributed by atoms with Gasteiger partial charge in [0.15, 0.2) is 0 Å². The Bertz CT molecular complexity index is 478. The fraction of sp³-hybridized carbons (Fsp3) is 0.650. The van der Waals surface area contributed by atoms with E-state index in [-0.39, 0.29) is 5.97 Å². The quantitative estimate of drug-likeness (QED) is 0.650. The number of rotatable bonds is 9. The van der Waals surface area contributed by atoms with Crippen LogP contribution in [0.4, 0.5) is 0 Å². The van der Waals surface area contributed by atoms with Crippen molar-refractivity contribution in [3.63, 3.8) is 0 Å². The highest BCUT2D eigenvalue weighted by Gasteiger charge is 2.24. The van der Waals surface area contributed by atoms with Crippen molar-refractivity contribution in [2.24, 2.45) is 0 Å². The maximum Gasteiger partial charge on any atom is 0.305 e. The van der Waals surface area contributed by atoms with Gasteiger partial charge in [-0.3, -0.25) is 14.6 Å². The Morgan fingerprint density at radius 3 is 2.79 bits per heavy atom. The van der Waals surface area contributed by atoms with Crippen molar-refractivity contribution < 1.29 is 9.53 Å². The largest absolute Gasteiger partial charge is 0.469 e. The Morgan fingerprint density at radius 1 is 1.29 bits per heavy atom. The lowest BCUT2D eigenvalue weighted by atomic mass is 10.0. The van der Waals surface area contributed by atoms with Gasteiger partial charge in [0, 0.05) is 25.6 Å². The van der Waals surface area contributed by atoms with Crippen molar-refractivity contribution in [1.82, 2.24) is 9.80 Å². The van der Waals surface area contributed by atoms with Crippen molar-refractivity contribution >= 4 is 5.97 Å². The standard InChI is InChI=1S/C20H32N2O2/c1-3-13-22(15-8-12-20(23)24-2)19-11-7-14-21(17-19)16-18-9-5-4-6-10-18/h4-6,9-10,19H,3,7-8,11-17H2,1-2H3. The van der Waals surface area contributed by atoms with Crippen LogP contribution in [0.1, 0.15) is 44.6 Å². The molecule has 0 spiro atoms. The molecule has 1 atom stereocenters. The van der Waals surface area contributed by atoms with Crippen LogP contribution in [0.15, 0.2) is 30.3 Å². The van der Waals surface area contributed by atoms with Crippen molar-refractivity contribution in [3.8, 4) is 0 Å². The van der Waals surface area contributed by atoms with E-state index in [0.29, 0.717) is 12.5 Å². The minimum absolute atomic E-state index is 0.0965. The average Bonchev–Trinajstić information content (AvgIpc) is 2.62. The Kier molecular flexibility index (Phi) is 8.26. The van der Waals surface area contributed by atoms with Gasteiger partial charge < -0.3 is 4.74 Å². The summed E-state index contributed by atoms with van der Waals surface area (Å²) in [6.45, 7) is 7.70. The van der Waals surface area contributed by atoms with Gasteiger partial charge in [-0.2, -0.15) is 0 Å². The lowest BCUT2D eigenvalue weighted by Crippen LogP contribution is -2.48. The van der Waals surface area contributed by atoms with Crippen molar-refractivity contribution in [3.05, 3.63) is 35.9 Å². The molecule has 1 saturated heterocycles. The van der Waals surface area contributed by atoms with E-state index in [9.17, 15) is 4.79 Å². The van der Waals surface area contributed by atoms with Crippen molar-refractivity contribution in [1.29, 1.82) is 0 Å². The van der Waals surface area contributed by atoms with E-state index in [4.69, 9.17) is 4.74 Å². The van der Waals surface area contributed by atoms with Gasteiger partial charge in [-0.15, -0.1) is 0 Å². The molecule has 24 heavy (non-hydrogen) atoms. The van der Waals surface area contributed by atoms with Gasteiger partial charge in [-0.1, -0.05) is 37.3 Å². The van der Waals surface area contributed by atoms with Crippen LogP contribution in [0.3, 0.4) is 0 Å². The van der Waals surface area contributed by atoms with E-state index < -0.39 is 0 Å². The molecule has 1 unspecified atom stereocenters. The fourth-order valence-electron chi connectivity index (χ4n) is 3.61. The molecule has 1 aromatic rings. The molecular formula is C20H32N2O2. The summed E-state index contributed by atoms with van der Waals surface area (Å²) < 4.78 is 4.76. The lowest BCUT2D eigenvalue weighted by molar-refractivity contribution is -0.140. The Balaban J connectivity index is 1.85. The maximum atomic E-state index is 11.3. The SMILES string of the molecule is CCCN(CCCC(=O)OC)C1CCCN(Cc2ccccc2)C1. The van der Waals surface area contributed by atoms with Crippen molar-refractivity contribution in [2.75, 3.05) is 33.3 Å². The van der Waals surface area contributed by atoms with Crippen LogP contribution < -0.4 is 0 Å².